The molecule has 3 nitrogen and oxygen atoms in total. The molecule has 2 aromatic carbocycles. The van der Waals surface area contributed by atoms with Crippen molar-refractivity contribution in [3.8, 4) is 0 Å². The van der Waals surface area contributed by atoms with Crippen LogP contribution in [0.15, 0.2) is 41.6 Å². The molecule has 0 spiro atoms. The second-order valence-corrected chi connectivity index (χ2v) is 5.64. The van der Waals surface area contributed by atoms with Crippen LogP contribution in [-0.4, -0.2) is 9.97 Å². The molecule has 0 aliphatic rings. The van der Waals surface area contributed by atoms with E-state index in [1.165, 1.54) is 6.07 Å². The molecule has 0 saturated heterocycles. The molecule has 102 valence electrons. The summed E-state index contributed by atoms with van der Waals surface area (Å²) in [7, 11) is 0. The molecule has 0 unspecified atom stereocenters. The number of H-pyrrole nitrogens is 1. The number of aryl methyl sites for hydroxylation is 1. The molecule has 0 amide bonds. The second kappa shape index (κ2) is 5.17. The fourth-order valence-electron chi connectivity index (χ4n) is 2.01. The number of benzene rings is 2. The molecule has 0 aliphatic heterocycles. The average molecular weight is 287 g/mol. The number of nitrogens with zero attached hydrogens (tertiary/aromatic N) is 1. The summed E-state index contributed by atoms with van der Waals surface area (Å²) < 4.78 is 13.2. The van der Waals surface area contributed by atoms with Crippen LogP contribution >= 0.6 is 11.8 Å². The van der Waals surface area contributed by atoms with Crippen molar-refractivity contribution in [1.29, 1.82) is 0 Å². The number of rotatable bonds is 3. The van der Waals surface area contributed by atoms with E-state index in [9.17, 15) is 4.39 Å². The van der Waals surface area contributed by atoms with Crippen molar-refractivity contribution in [3.63, 3.8) is 0 Å². The molecule has 20 heavy (non-hydrogen) atoms. The number of thioether (sulfide) groups is 1. The van der Waals surface area contributed by atoms with Crippen LogP contribution in [0.4, 0.5) is 10.1 Å². The van der Waals surface area contributed by atoms with Gasteiger partial charge in [0.2, 0.25) is 0 Å². The number of anilines is 1. The van der Waals surface area contributed by atoms with E-state index in [-0.39, 0.29) is 5.82 Å². The molecule has 0 saturated carbocycles. The van der Waals surface area contributed by atoms with Crippen LogP contribution in [0.1, 0.15) is 11.1 Å². The third-order valence-electron chi connectivity index (χ3n) is 3.16. The van der Waals surface area contributed by atoms with Crippen molar-refractivity contribution >= 4 is 28.5 Å². The molecule has 0 aliphatic carbocycles. The number of aromatic nitrogens is 2. The fourth-order valence-corrected chi connectivity index (χ4v) is 2.96. The lowest BCUT2D eigenvalue weighted by Crippen LogP contribution is -1.88. The normalized spacial score (nSPS) is 11.1. The number of nitrogens with one attached hydrogen (secondary N) is 1. The maximum Gasteiger partial charge on any atom is 0.166 e. The highest BCUT2D eigenvalue weighted by Gasteiger charge is 2.06. The number of fused-ring (bicyclic) bond motifs is 1. The molecule has 0 atom stereocenters. The Morgan fingerprint density at radius 1 is 1.25 bits per heavy atom. The Kier molecular flexibility index (Phi) is 3.36. The Morgan fingerprint density at radius 3 is 2.95 bits per heavy atom. The quantitative estimate of drug-likeness (QED) is 0.567. The van der Waals surface area contributed by atoms with E-state index >= 15 is 0 Å². The Morgan fingerprint density at radius 2 is 2.10 bits per heavy atom. The van der Waals surface area contributed by atoms with Gasteiger partial charge in [-0.2, -0.15) is 0 Å². The zero-order valence-corrected chi connectivity index (χ0v) is 11.8. The summed E-state index contributed by atoms with van der Waals surface area (Å²) >= 11 is 1.55. The highest BCUT2D eigenvalue weighted by atomic mass is 32.2. The standard InChI is InChI=1S/C15H14FN3S/c1-9-2-3-11(16)6-10(9)8-20-15-18-13-5-4-12(17)7-14(13)19-15/h2-7H,8,17H2,1H3,(H,18,19). The molecule has 3 N–H and O–H groups in total. The molecule has 0 fully saturated rings. The van der Waals surface area contributed by atoms with Crippen LogP contribution in [0.25, 0.3) is 11.0 Å². The number of imidazole rings is 1. The second-order valence-electron chi connectivity index (χ2n) is 4.68. The summed E-state index contributed by atoms with van der Waals surface area (Å²) in [4.78, 5) is 7.70. The van der Waals surface area contributed by atoms with E-state index in [1.54, 1.807) is 23.9 Å². The van der Waals surface area contributed by atoms with Gasteiger partial charge in [0.15, 0.2) is 5.16 Å². The number of aromatic amines is 1. The van der Waals surface area contributed by atoms with Gasteiger partial charge in [-0.1, -0.05) is 17.8 Å². The Hall–Kier alpha value is -2.01. The van der Waals surface area contributed by atoms with Gasteiger partial charge in [0, 0.05) is 11.4 Å². The lowest BCUT2D eigenvalue weighted by molar-refractivity contribution is 0.626. The summed E-state index contributed by atoms with van der Waals surface area (Å²) in [6, 6.07) is 10.4. The maximum absolute atomic E-state index is 13.2. The van der Waals surface area contributed by atoms with Crippen molar-refractivity contribution in [2.45, 2.75) is 17.8 Å². The lowest BCUT2D eigenvalue weighted by atomic mass is 10.1. The topological polar surface area (TPSA) is 54.7 Å². The van der Waals surface area contributed by atoms with Crippen LogP contribution in [0.3, 0.4) is 0 Å². The first-order chi connectivity index (χ1) is 9.61. The minimum atomic E-state index is -0.205. The molecular weight excluding hydrogens is 273 g/mol. The Bertz CT molecular complexity index is 767. The fraction of sp³-hybridized carbons (Fsp3) is 0.133. The molecule has 5 heteroatoms. The average Bonchev–Trinajstić information content (AvgIpc) is 2.81. The van der Waals surface area contributed by atoms with Crippen molar-refractivity contribution in [3.05, 3.63) is 53.3 Å². The van der Waals surface area contributed by atoms with Crippen molar-refractivity contribution in [1.82, 2.24) is 9.97 Å². The van der Waals surface area contributed by atoms with Crippen molar-refractivity contribution in [2.75, 3.05) is 5.73 Å². The predicted molar refractivity (Wildman–Crippen MR) is 81.2 cm³/mol. The van der Waals surface area contributed by atoms with Gasteiger partial charge in [-0.25, -0.2) is 9.37 Å². The number of nitrogens with two attached hydrogens (primary N) is 1. The number of hydrogen-bond acceptors (Lipinski definition) is 3. The summed E-state index contributed by atoms with van der Waals surface area (Å²) in [6.45, 7) is 1.98. The monoisotopic (exact) mass is 287 g/mol. The van der Waals surface area contributed by atoms with E-state index in [4.69, 9.17) is 5.73 Å². The van der Waals surface area contributed by atoms with Gasteiger partial charge in [0.1, 0.15) is 5.82 Å². The van der Waals surface area contributed by atoms with Gasteiger partial charge < -0.3 is 10.7 Å². The van der Waals surface area contributed by atoms with Crippen LogP contribution in [0, 0.1) is 12.7 Å². The van der Waals surface area contributed by atoms with E-state index < -0.39 is 0 Å². The SMILES string of the molecule is Cc1ccc(F)cc1CSc1nc2ccc(N)cc2[nH]1. The van der Waals surface area contributed by atoms with Crippen molar-refractivity contribution < 1.29 is 4.39 Å². The number of halogens is 1. The smallest absolute Gasteiger partial charge is 0.166 e. The van der Waals surface area contributed by atoms with Crippen LogP contribution in [0.5, 0.6) is 0 Å². The van der Waals surface area contributed by atoms with E-state index in [2.05, 4.69) is 9.97 Å². The summed E-state index contributed by atoms with van der Waals surface area (Å²) in [5, 5.41) is 0.814. The number of hydrogen-bond donors (Lipinski definition) is 2. The van der Waals surface area contributed by atoms with Crippen LogP contribution in [0.2, 0.25) is 0 Å². The first-order valence-electron chi connectivity index (χ1n) is 6.25. The van der Waals surface area contributed by atoms with Gasteiger partial charge >= 0.3 is 0 Å². The Labute approximate surface area is 120 Å². The molecule has 1 aromatic heterocycles. The molecule has 3 rings (SSSR count). The van der Waals surface area contributed by atoms with Gasteiger partial charge in [0.25, 0.3) is 0 Å². The zero-order chi connectivity index (χ0) is 14.1. The van der Waals surface area contributed by atoms with Crippen LogP contribution < -0.4 is 5.73 Å². The molecular formula is C15H14FN3S. The molecule has 1 heterocycles. The highest BCUT2D eigenvalue weighted by molar-refractivity contribution is 7.98. The summed E-state index contributed by atoms with van der Waals surface area (Å²) in [5.41, 5.74) is 10.3. The minimum Gasteiger partial charge on any atom is -0.399 e. The zero-order valence-electron chi connectivity index (χ0n) is 11.0. The lowest BCUT2D eigenvalue weighted by Gasteiger charge is -2.04. The first kappa shape index (κ1) is 13.0. The summed E-state index contributed by atoms with van der Waals surface area (Å²) in [6.07, 6.45) is 0. The molecule has 0 bridgehead atoms. The van der Waals surface area contributed by atoms with E-state index in [1.807, 2.05) is 25.1 Å². The molecule has 0 radical (unpaired) electrons. The Balaban J connectivity index is 1.81. The maximum atomic E-state index is 13.2. The van der Waals surface area contributed by atoms with E-state index in [0.29, 0.717) is 11.4 Å². The summed E-state index contributed by atoms with van der Waals surface area (Å²) in [5.74, 6) is 0.474. The van der Waals surface area contributed by atoms with Crippen molar-refractivity contribution in [2.24, 2.45) is 0 Å². The first-order valence-corrected chi connectivity index (χ1v) is 7.23. The van der Waals surface area contributed by atoms with Gasteiger partial charge in [0.05, 0.1) is 11.0 Å². The minimum absolute atomic E-state index is 0.205. The molecule has 3 aromatic rings. The third-order valence-corrected chi connectivity index (χ3v) is 4.08. The highest BCUT2D eigenvalue weighted by Crippen LogP contribution is 2.25. The van der Waals surface area contributed by atoms with E-state index in [0.717, 1.165) is 27.3 Å². The number of nitrogen functional groups attached to an aromatic ring is 1. The van der Waals surface area contributed by atoms with Crippen LogP contribution in [-0.2, 0) is 5.75 Å². The van der Waals surface area contributed by atoms with Gasteiger partial charge in [-0.05, 0) is 48.4 Å². The van der Waals surface area contributed by atoms with Gasteiger partial charge in [-0.3, -0.25) is 0 Å². The third kappa shape index (κ3) is 2.63. The van der Waals surface area contributed by atoms with Gasteiger partial charge in [-0.15, -0.1) is 0 Å². The largest absolute Gasteiger partial charge is 0.399 e. The predicted octanol–water partition coefficient (Wildman–Crippen LogP) is 3.88.